The van der Waals surface area contributed by atoms with Crippen LogP contribution in [0.5, 0.6) is 5.75 Å². The maximum absolute atomic E-state index is 12.2. The molecule has 7 heteroatoms. The first kappa shape index (κ1) is 15.7. The number of imide groups is 1. The maximum atomic E-state index is 12.2. The molecule has 3 amide bonds. The topological polar surface area (TPSA) is 88.6 Å². The second-order valence-electron chi connectivity index (χ2n) is 5.19. The highest BCUT2D eigenvalue weighted by atomic mass is 16.5. The third kappa shape index (κ3) is 2.96. The number of carbonyl (C=O) groups excluding carboxylic acids is 3. The normalized spacial score (nSPS) is 13.0. The van der Waals surface area contributed by atoms with Crippen molar-refractivity contribution in [2.75, 3.05) is 19.0 Å². The Labute approximate surface area is 138 Å². The molecule has 2 aromatic rings. The molecule has 0 unspecified atom stereocenters. The monoisotopic (exact) mass is 325 g/mol. The van der Waals surface area contributed by atoms with Gasteiger partial charge in [-0.05, 0) is 24.3 Å². The third-order valence-electron chi connectivity index (χ3n) is 3.65. The molecule has 1 N–H and O–H groups in total. The van der Waals surface area contributed by atoms with Crippen molar-refractivity contribution in [2.45, 2.75) is 6.42 Å². The van der Waals surface area contributed by atoms with E-state index in [1.54, 1.807) is 36.4 Å². The van der Waals surface area contributed by atoms with Crippen molar-refractivity contribution in [3.63, 3.8) is 0 Å². The minimum Gasteiger partial charge on any atom is -0.497 e. The van der Waals surface area contributed by atoms with Crippen molar-refractivity contribution >= 4 is 23.4 Å². The number of hydrogen-bond acceptors (Lipinski definition) is 5. The molecule has 0 saturated carbocycles. The summed E-state index contributed by atoms with van der Waals surface area (Å²) in [5.41, 5.74) is 0.995. The third-order valence-corrected chi connectivity index (χ3v) is 3.65. The summed E-state index contributed by atoms with van der Waals surface area (Å²) in [6.07, 6.45) is 1.46. The Morgan fingerprint density at radius 2 is 2.04 bits per heavy atom. The lowest BCUT2D eigenvalue weighted by molar-refractivity contribution is -0.116. The van der Waals surface area contributed by atoms with E-state index in [4.69, 9.17) is 4.74 Å². The molecular weight excluding hydrogens is 310 g/mol. The van der Waals surface area contributed by atoms with Gasteiger partial charge in [0.2, 0.25) is 5.91 Å². The van der Waals surface area contributed by atoms with Gasteiger partial charge in [0.1, 0.15) is 11.4 Å². The maximum Gasteiger partial charge on any atom is 0.280 e. The number of hydrogen-bond donors (Lipinski definition) is 1. The molecule has 0 spiro atoms. The van der Waals surface area contributed by atoms with Crippen molar-refractivity contribution < 1.29 is 19.1 Å². The summed E-state index contributed by atoms with van der Waals surface area (Å²) in [6, 6.07) is 10.1. The highest BCUT2D eigenvalue weighted by Gasteiger charge is 2.36. The first-order valence-electron chi connectivity index (χ1n) is 7.35. The van der Waals surface area contributed by atoms with Gasteiger partial charge in [-0.3, -0.25) is 24.3 Å². The number of carbonyl (C=O) groups is 3. The van der Waals surface area contributed by atoms with Gasteiger partial charge in [0.25, 0.3) is 11.8 Å². The molecule has 0 saturated heterocycles. The van der Waals surface area contributed by atoms with E-state index in [0.717, 1.165) is 4.90 Å². The van der Waals surface area contributed by atoms with Crippen LogP contribution in [0.4, 0.5) is 5.69 Å². The van der Waals surface area contributed by atoms with Gasteiger partial charge in [0, 0.05) is 30.9 Å². The number of nitrogens with one attached hydrogen (secondary N) is 1. The number of ether oxygens (including phenoxy) is 1. The molecule has 1 aromatic carbocycles. The number of methoxy groups -OCH3 is 1. The number of amides is 3. The first-order valence-corrected chi connectivity index (χ1v) is 7.35. The Morgan fingerprint density at radius 1 is 1.21 bits per heavy atom. The van der Waals surface area contributed by atoms with Gasteiger partial charge >= 0.3 is 0 Å². The van der Waals surface area contributed by atoms with Crippen LogP contribution < -0.4 is 10.1 Å². The van der Waals surface area contributed by atoms with Crippen LogP contribution in [0.3, 0.4) is 0 Å². The van der Waals surface area contributed by atoms with Crippen molar-refractivity contribution in [1.29, 1.82) is 0 Å². The number of rotatable bonds is 5. The summed E-state index contributed by atoms with van der Waals surface area (Å²) in [7, 11) is 1.54. The fourth-order valence-corrected chi connectivity index (χ4v) is 2.45. The van der Waals surface area contributed by atoms with Crippen LogP contribution in [0.25, 0.3) is 0 Å². The summed E-state index contributed by atoms with van der Waals surface area (Å²) in [4.78, 5) is 41.3. The molecule has 1 aliphatic rings. The van der Waals surface area contributed by atoms with Gasteiger partial charge < -0.3 is 10.1 Å². The molecule has 0 atom stereocenters. The fourth-order valence-electron chi connectivity index (χ4n) is 2.45. The molecule has 0 radical (unpaired) electrons. The minimum atomic E-state index is -0.468. The molecule has 1 aliphatic heterocycles. The van der Waals surface area contributed by atoms with E-state index in [0.29, 0.717) is 11.4 Å². The summed E-state index contributed by atoms with van der Waals surface area (Å²) >= 11 is 0. The van der Waals surface area contributed by atoms with E-state index in [9.17, 15) is 14.4 Å². The second kappa shape index (κ2) is 6.49. The molecule has 0 bridgehead atoms. The quantitative estimate of drug-likeness (QED) is 0.846. The van der Waals surface area contributed by atoms with Crippen LogP contribution >= 0.6 is 0 Å². The van der Waals surface area contributed by atoms with E-state index >= 15 is 0 Å². The van der Waals surface area contributed by atoms with Gasteiger partial charge in [-0.25, -0.2) is 0 Å². The van der Waals surface area contributed by atoms with E-state index in [1.807, 2.05) is 0 Å². The van der Waals surface area contributed by atoms with Crippen molar-refractivity contribution in [3.05, 3.63) is 53.9 Å². The molecule has 3 rings (SSSR count). The average molecular weight is 325 g/mol. The lowest BCUT2D eigenvalue weighted by Crippen LogP contribution is -2.33. The second-order valence-corrected chi connectivity index (χ2v) is 5.19. The first-order chi connectivity index (χ1) is 11.6. The Bertz CT molecular complexity index is 784. The van der Waals surface area contributed by atoms with E-state index in [-0.39, 0.29) is 30.1 Å². The van der Waals surface area contributed by atoms with Gasteiger partial charge in [-0.1, -0.05) is 6.07 Å². The minimum absolute atomic E-state index is 0.00266. The zero-order valence-corrected chi connectivity index (χ0v) is 13.0. The Hall–Kier alpha value is -3.22. The highest BCUT2D eigenvalue weighted by Crippen LogP contribution is 2.21. The Balaban J connectivity index is 1.61. The van der Waals surface area contributed by atoms with Crippen LogP contribution in [0.15, 0.2) is 42.6 Å². The van der Waals surface area contributed by atoms with Gasteiger partial charge in [0.15, 0.2) is 0 Å². The van der Waals surface area contributed by atoms with Crippen molar-refractivity contribution in [2.24, 2.45) is 0 Å². The molecule has 2 heterocycles. The molecule has 7 nitrogen and oxygen atoms in total. The fraction of sp³-hybridized carbons (Fsp3) is 0.176. The number of fused-ring (bicyclic) bond motifs is 1. The van der Waals surface area contributed by atoms with Crippen LogP contribution in [0.2, 0.25) is 0 Å². The average Bonchev–Trinajstić information content (AvgIpc) is 2.84. The summed E-state index contributed by atoms with van der Waals surface area (Å²) < 4.78 is 5.09. The van der Waals surface area contributed by atoms with Gasteiger partial charge in [-0.2, -0.15) is 0 Å². The summed E-state index contributed by atoms with van der Waals surface area (Å²) in [6.45, 7) is 0.00380. The molecule has 122 valence electrons. The van der Waals surface area contributed by atoms with Gasteiger partial charge in [0.05, 0.1) is 12.7 Å². The zero-order valence-electron chi connectivity index (χ0n) is 13.0. The standard InChI is InChI=1S/C17H15N3O4/c1-24-12-5-2-4-11(10-12)19-14(21)7-9-20-16(22)13-6-3-8-18-15(13)17(20)23/h2-6,8,10H,7,9H2,1H3,(H,19,21). The number of anilines is 1. The predicted octanol–water partition coefficient (Wildman–Crippen LogP) is 1.71. The van der Waals surface area contributed by atoms with Crippen molar-refractivity contribution in [3.8, 4) is 5.75 Å². The predicted molar refractivity (Wildman–Crippen MR) is 85.8 cm³/mol. The van der Waals surface area contributed by atoms with Gasteiger partial charge in [-0.15, -0.1) is 0 Å². The number of nitrogens with zero attached hydrogens (tertiary/aromatic N) is 2. The molecule has 24 heavy (non-hydrogen) atoms. The van der Waals surface area contributed by atoms with Crippen LogP contribution in [0, 0.1) is 0 Å². The van der Waals surface area contributed by atoms with Crippen LogP contribution in [0.1, 0.15) is 27.3 Å². The number of benzene rings is 1. The summed E-state index contributed by atoms with van der Waals surface area (Å²) in [5.74, 6) is -0.561. The van der Waals surface area contributed by atoms with E-state index < -0.39 is 11.8 Å². The smallest absolute Gasteiger partial charge is 0.280 e. The largest absolute Gasteiger partial charge is 0.497 e. The zero-order chi connectivity index (χ0) is 17.1. The Morgan fingerprint density at radius 3 is 2.79 bits per heavy atom. The van der Waals surface area contributed by atoms with E-state index in [2.05, 4.69) is 10.3 Å². The number of pyridine rings is 1. The summed E-state index contributed by atoms with van der Waals surface area (Å²) in [5, 5.41) is 2.71. The lowest BCUT2D eigenvalue weighted by atomic mass is 10.2. The lowest BCUT2D eigenvalue weighted by Gasteiger charge is -2.13. The van der Waals surface area contributed by atoms with E-state index in [1.165, 1.54) is 13.3 Å². The number of aromatic nitrogens is 1. The Kier molecular flexibility index (Phi) is 4.24. The van der Waals surface area contributed by atoms with Crippen LogP contribution in [-0.2, 0) is 4.79 Å². The molecule has 0 fully saturated rings. The molecule has 0 aliphatic carbocycles. The molecular formula is C17H15N3O4. The SMILES string of the molecule is COc1cccc(NC(=O)CCN2C(=O)c3cccnc3C2=O)c1. The highest BCUT2D eigenvalue weighted by molar-refractivity contribution is 6.20. The van der Waals surface area contributed by atoms with Crippen molar-refractivity contribution in [1.82, 2.24) is 9.88 Å². The molecule has 1 aromatic heterocycles. The van der Waals surface area contributed by atoms with Crippen LogP contribution in [-0.4, -0.2) is 41.3 Å².